The van der Waals surface area contributed by atoms with Crippen LogP contribution in [-0.4, -0.2) is 35.6 Å². The van der Waals surface area contributed by atoms with Crippen LogP contribution in [0.4, 0.5) is 0 Å². The fraction of sp³-hybridized carbons (Fsp3) is 0.786. The second-order valence-corrected chi connectivity index (χ2v) is 5.60. The lowest BCUT2D eigenvalue weighted by molar-refractivity contribution is 0.136. The van der Waals surface area contributed by atoms with Crippen molar-refractivity contribution in [3.05, 3.63) is 15.9 Å². The van der Waals surface area contributed by atoms with E-state index in [9.17, 15) is 0 Å². The van der Waals surface area contributed by atoms with Gasteiger partial charge in [0.1, 0.15) is 0 Å². The van der Waals surface area contributed by atoms with Crippen LogP contribution in [0.2, 0.25) is 0 Å². The van der Waals surface area contributed by atoms with Gasteiger partial charge >= 0.3 is 0 Å². The maximum Gasteiger partial charge on any atom is 0.0738 e. The summed E-state index contributed by atoms with van der Waals surface area (Å²) in [7, 11) is 2.01. The number of hydrogen-bond donors (Lipinski definition) is 1. The molecule has 0 aliphatic rings. The Hall–Kier alpha value is -0.390. The molecule has 19 heavy (non-hydrogen) atoms. The molecule has 4 nitrogen and oxygen atoms in total. The summed E-state index contributed by atoms with van der Waals surface area (Å²) in [6.45, 7) is 8.90. The van der Waals surface area contributed by atoms with Crippen LogP contribution in [0, 0.1) is 6.92 Å². The zero-order chi connectivity index (χ0) is 14.3. The van der Waals surface area contributed by atoms with Gasteiger partial charge in [-0.2, -0.15) is 5.10 Å². The molecular weight excluding hydrogens is 306 g/mol. The first-order chi connectivity index (χ1) is 9.10. The summed E-state index contributed by atoms with van der Waals surface area (Å²) in [5.74, 6) is 0. The molecule has 0 saturated heterocycles. The molecule has 5 heteroatoms. The zero-order valence-electron chi connectivity index (χ0n) is 12.5. The molecule has 1 heterocycles. The van der Waals surface area contributed by atoms with E-state index in [1.807, 2.05) is 25.6 Å². The van der Waals surface area contributed by atoms with Crippen molar-refractivity contribution in [3.8, 4) is 0 Å². The third kappa shape index (κ3) is 5.24. The summed E-state index contributed by atoms with van der Waals surface area (Å²) in [6, 6.07) is 0.442. The Morgan fingerprint density at radius 1 is 1.42 bits per heavy atom. The van der Waals surface area contributed by atoms with Crippen LogP contribution in [0.3, 0.4) is 0 Å². The SMILES string of the molecule is CCCNC(CCOCC)Cc1c(Br)c(C)nn1C. The van der Waals surface area contributed by atoms with Gasteiger partial charge in [-0.1, -0.05) is 6.92 Å². The molecule has 0 aliphatic heterocycles. The second-order valence-electron chi connectivity index (χ2n) is 4.81. The Balaban J connectivity index is 2.64. The summed E-state index contributed by atoms with van der Waals surface area (Å²) in [6.07, 6.45) is 3.16. The van der Waals surface area contributed by atoms with Gasteiger partial charge in [-0.3, -0.25) is 4.68 Å². The molecule has 110 valence electrons. The summed E-state index contributed by atoms with van der Waals surface area (Å²) in [5.41, 5.74) is 2.30. The Kier molecular flexibility index (Phi) is 7.64. The average molecular weight is 332 g/mol. The van der Waals surface area contributed by atoms with E-state index in [1.165, 1.54) is 5.69 Å². The zero-order valence-corrected chi connectivity index (χ0v) is 14.1. The highest BCUT2D eigenvalue weighted by molar-refractivity contribution is 9.10. The average Bonchev–Trinajstić information content (AvgIpc) is 2.62. The Morgan fingerprint density at radius 2 is 2.16 bits per heavy atom. The molecule has 1 unspecified atom stereocenters. The lowest BCUT2D eigenvalue weighted by Crippen LogP contribution is -2.33. The van der Waals surface area contributed by atoms with Gasteiger partial charge in [-0.15, -0.1) is 0 Å². The maximum atomic E-state index is 5.47. The molecule has 0 fully saturated rings. The number of aromatic nitrogens is 2. The van der Waals surface area contributed by atoms with Gasteiger partial charge in [0.05, 0.1) is 15.9 Å². The van der Waals surface area contributed by atoms with E-state index in [1.54, 1.807) is 0 Å². The molecule has 1 atom stereocenters. The third-order valence-electron chi connectivity index (χ3n) is 3.20. The molecule has 0 saturated carbocycles. The molecule has 1 rings (SSSR count). The Morgan fingerprint density at radius 3 is 2.68 bits per heavy atom. The summed E-state index contributed by atoms with van der Waals surface area (Å²) in [4.78, 5) is 0. The summed E-state index contributed by atoms with van der Waals surface area (Å²) >= 11 is 3.64. The van der Waals surface area contributed by atoms with E-state index in [4.69, 9.17) is 4.74 Å². The van der Waals surface area contributed by atoms with Crippen LogP contribution in [-0.2, 0) is 18.2 Å². The van der Waals surface area contributed by atoms with Crippen molar-refractivity contribution in [2.24, 2.45) is 7.05 Å². The topological polar surface area (TPSA) is 39.1 Å². The number of nitrogens with one attached hydrogen (secondary N) is 1. The monoisotopic (exact) mass is 331 g/mol. The van der Waals surface area contributed by atoms with Crippen LogP contribution in [0.5, 0.6) is 0 Å². The van der Waals surface area contributed by atoms with Crippen molar-refractivity contribution in [2.45, 2.75) is 46.1 Å². The molecule has 0 radical (unpaired) electrons. The molecule has 0 aliphatic carbocycles. The van der Waals surface area contributed by atoms with Gasteiger partial charge in [0.25, 0.3) is 0 Å². The largest absolute Gasteiger partial charge is 0.382 e. The standard InChI is InChI=1S/C14H26BrN3O/c1-5-8-16-12(7-9-19-6-2)10-13-14(15)11(3)17-18(13)4/h12,16H,5-10H2,1-4H3. The van der Waals surface area contributed by atoms with Gasteiger partial charge < -0.3 is 10.1 Å². The molecule has 0 aromatic carbocycles. The van der Waals surface area contributed by atoms with E-state index in [2.05, 4.69) is 33.3 Å². The van der Waals surface area contributed by atoms with Crippen molar-refractivity contribution >= 4 is 15.9 Å². The fourth-order valence-electron chi connectivity index (χ4n) is 2.13. The molecule has 1 aromatic heterocycles. The number of nitrogens with zero attached hydrogens (tertiary/aromatic N) is 2. The minimum atomic E-state index is 0.442. The quantitative estimate of drug-likeness (QED) is 0.707. The predicted molar refractivity (Wildman–Crippen MR) is 82.5 cm³/mol. The molecule has 0 amide bonds. The normalized spacial score (nSPS) is 12.9. The number of aryl methyl sites for hydroxylation is 2. The van der Waals surface area contributed by atoms with Crippen LogP contribution >= 0.6 is 15.9 Å². The molecule has 0 spiro atoms. The molecule has 0 bridgehead atoms. The number of ether oxygens (including phenoxy) is 1. The highest BCUT2D eigenvalue weighted by Gasteiger charge is 2.16. The van der Waals surface area contributed by atoms with Gasteiger partial charge in [0, 0.05) is 32.7 Å². The third-order valence-corrected chi connectivity index (χ3v) is 4.23. The fourth-order valence-corrected chi connectivity index (χ4v) is 2.63. The van der Waals surface area contributed by atoms with Crippen LogP contribution in [0.15, 0.2) is 4.47 Å². The summed E-state index contributed by atoms with van der Waals surface area (Å²) in [5, 5.41) is 8.05. The van der Waals surface area contributed by atoms with Crippen molar-refractivity contribution < 1.29 is 4.74 Å². The predicted octanol–water partition coefficient (Wildman–Crippen LogP) is 2.83. The number of rotatable bonds is 9. The van der Waals surface area contributed by atoms with E-state index < -0.39 is 0 Å². The van der Waals surface area contributed by atoms with Crippen molar-refractivity contribution in [1.29, 1.82) is 0 Å². The lowest BCUT2D eigenvalue weighted by atomic mass is 10.1. The van der Waals surface area contributed by atoms with Crippen molar-refractivity contribution in [3.63, 3.8) is 0 Å². The molecule has 1 aromatic rings. The van der Waals surface area contributed by atoms with E-state index in [0.717, 1.165) is 49.2 Å². The first kappa shape index (κ1) is 16.7. The highest BCUT2D eigenvalue weighted by Crippen LogP contribution is 2.22. The lowest BCUT2D eigenvalue weighted by Gasteiger charge is -2.19. The van der Waals surface area contributed by atoms with Gasteiger partial charge in [-0.05, 0) is 49.2 Å². The minimum absolute atomic E-state index is 0.442. The van der Waals surface area contributed by atoms with Crippen LogP contribution < -0.4 is 5.32 Å². The second kappa shape index (κ2) is 8.72. The number of hydrogen-bond acceptors (Lipinski definition) is 3. The molecule has 1 N–H and O–H groups in total. The minimum Gasteiger partial charge on any atom is -0.382 e. The van der Waals surface area contributed by atoms with E-state index in [0.29, 0.717) is 6.04 Å². The first-order valence-electron chi connectivity index (χ1n) is 7.09. The van der Waals surface area contributed by atoms with Crippen LogP contribution in [0.1, 0.15) is 38.1 Å². The Labute approximate surface area is 125 Å². The van der Waals surface area contributed by atoms with E-state index in [-0.39, 0.29) is 0 Å². The summed E-state index contributed by atoms with van der Waals surface area (Å²) < 4.78 is 8.58. The van der Waals surface area contributed by atoms with E-state index >= 15 is 0 Å². The smallest absolute Gasteiger partial charge is 0.0738 e. The van der Waals surface area contributed by atoms with Crippen molar-refractivity contribution in [2.75, 3.05) is 19.8 Å². The number of halogens is 1. The van der Waals surface area contributed by atoms with Crippen LogP contribution in [0.25, 0.3) is 0 Å². The van der Waals surface area contributed by atoms with Gasteiger partial charge in [0.2, 0.25) is 0 Å². The maximum absolute atomic E-state index is 5.47. The van der Waals surface area contributed by atoms with Crippen molar-refractivity contribution in [1.82, 2.24) is 15.1 Å². The van der Waals surface area contributed by atoms with Gasteiger partial charge in [-0.25, -0.2) is 0 Å². The Bertz CT molecular complexity index is 379. The van der Waals surface area contributed by atoms with Gasteiger partial charge in [0.15, 0.2) is 0 Å². The highest BCUT2D eigenvalue weighted by atomic mass is 79.9. The molecular formula is C14H26BrN3O. The first-order valence-corrected chi connectivity index (χ1v) is 7.88.